The van der Waals surface area contributed by atoms with Crippen molar-refractivity contribution in [3.05, 3.63) is 21.9 Å². The second-order valence-electron chi connectivity index (χ2n) is 4.31. The third-order valence-electron chi connectivity index (χ3n) is 3.00. The van der Waals surface area contributed by atoms with Crippen LogP contribution < -0.4 is 0 Å². The lowest BCUT2D eigenvalue weighted by molar-refractivity contribution is 0.0786. The van der Waals surface area contributed by atoms with Gasteiger partial charge < -0.3 is 10.0 Å². The number of Topliss-reactive ketones (excluding diaryl/α,β-unsaturated/α-hetero) is 1. The zero-order valence-electron chi connectivity index (χ0n) is 9.68. The zero-order chi connectivity index (χ0) is 12.4. The first-order chi connectivity index (χ1) is 8.11. The predicted octanol–water partition coefficient (Wildman–Crippen LogP) is 1.41. The van der Waals surface area contributed by atoms with Gasteiger partial charge in [0, 0.05) is 25.6 Å². The van der Waals surface area contributed by atoms with Crippen molar-refractivity contribution >= 4 is 23.0 Å². The quantitative estimate of drug-likeness (QED) is 0.828. The molecule has 1 N–H and O–H groups in total. The summed E-state index contributed by atoms with van der Waals surface area (Å²) < 4.78 is 0. The van der Waals surface area contributed by atoms with E-state index < -0.39 is 0 Å². The molecular formula is C12H15NO3S. The molecule has 0 saturated carbocycles. The van der Waals surface area contributed by atoms with E-state index in [0.29, 0.717) is 22.8 Å². The summed E-state index contributed by atoms with van der Waals surface area (Å²) in [6.07, 6.45) is 0.854. The van der Waals surface area contributed by atoms with Crippen molar-refractivity contribution in [3.8, 4) is 0 Å². The van der Waals surface area contributed by atoms with Crippen molar-refractivity contribution in [1.82, 2.24) is 4.90 Å². The number of aliphatic hydroxyl groups is 1. The number of carbonyl (C=O) groups is 2. The maximum absolute atomic E-state index is 12.1. The van der Waals surface area contributed by atoms with E-state index in [4.69, 9.17) is 5.11 Å². The summed E-state index contributed by atoms with van der Waals surface area (Å²) in [5, 5.41) is 9.03. The van der Waals surface area contributed by atoms with Gasteiger partial charge in [-0.15, -0.1) is 11.3 Å². The Hall–Kier alpha value is -1.20. The third-order valence-corrected chi connectivity index (χ3v) is 4.17. The fourth-order valence-electron chi connectivity index (χ4n) is 1.96. The minimum absolute atomic E-state index is 0.0105. The van der Waals surface area contributed by atoms with Crippen LogP contribution in [0, 0.1) is 5.92 Å². The summed E-state index contributed by atoms with van der Waals surface area (Å²) in [5.74, 6) is 0.161. The molecule has 1 saturated heterocycles. The Morgan fingerprint density at radius 2 is 2.18 bits per heavy atom. The number of thiophene rings is 1. The van der Waals surface area contributed by atoms with Gasteiger partial charge in [0.25, 0.3) is 5.91 Å². The van der Waals surface area contributed by atoms with Gasteiger partial charge in [-0.05, 0) is 25.5 Å². The van der Waals surface area contributed by atoms with Gasteiger partial charge in [-0.1, -0.05) is 0 Å². The first-order valence-corrected chi connectivity index (χ1v) is 6.44. The fraction of sp³-hybridized carbons (Fsp3) is 0.500. The average molecular weight is 253 g/mol. The Balaban J connectivity index is 2.07. The van der Waals surface area contributed by atoms with Crippen LogP contribution in [0.15, 0.2) is 12.1 Å². The lowest BCUT2D eigenvalue weighted by atomic mass is 10.1. The van der Waals surface area contributed by atoms with Gasteiger partial charge in [0.1, 0.15) is 0 Å². The van der Waals surface area contributed by atoms with E-state index in [1.54, 1.807) is 17.0 Å². The highest BCUT2D eigenvalue weighted by Crippen LogP contribution is 2.23. The molecule has 5 heteroatoms. The lowest BCUT2D eigenvalue weighted by Crippen LogP contribution is -2.28. The summed E-state index contributed by atoms with van der Waals surface area (Å²) in [4.78, 5) is 26.2. The monoisotopic (exact) mass is 253 g/mol. The van der Waals surface area contributed by atoms with Crippen LogP contribution >= 0.6 is 11.3 Å². The van der Waals surface area contributed by atoms with E-state index in [2.05, 4.69) is 0 Å². The summed E-state index contributed by atoms with van der Waals surface area (Å²) in [5.41, 5.74) is 0. The maximum atomic E-state index is 12.1. The van der Waals surface area contributed by atoms with E-state index in [1.165, 1.54) is 18.3 Å². The lowest BCUT2D eigenvalue weighted by Gasteiger charge is -2.14. The number of rotatable bonds is 3. The van der Waals surface area contributed by atoms with Gasteiger partial charge in [-0.3, -0.25) is 9.59 Å². The van der Waals surface area contributed by atoms with Crippen LogP contribution in [0.2, 0.25) is 0 Å². The summed E-state index contributed by atoms with van der Waals surface area (Å²) in [7, 11) is 0. The molecule has 1 aliphatic heterocycles. The number of hydrogen-bond acceptors (Lipinski definition) is 4. The highest BCUT2D eigenvalue weighted by atomic mass is 32.1. The minimum atomic E-state index is -0.0292. The molecule has 1 amide bonds. The molecule has 2 heterocycles. The fourth-order valence-corrected chi connectivity index (χ4v) is 2.83. The molecule has 92 valence electrons. The molecule has 2 rings (SSSR count). The molecule has 0 radical (unpaired) electrons. The molecule has 0 spiro atoms. The number of carbonyl (C=O) groups excluding carboxylic acids is 2. The van der Waals surface area contributed by atoms with Crippen LogP contribution in [0.1, 0.15) is 32.7 Å². The SMILES string of the molecule is CC(=O)c1ccc(C(=O)N2CC[C@@H](CO)C2)s1. The topological polar surface area (TPSA) is 57.6 Å². The molecular weight excluding hydrogens is 238 g/mol. The van der Waals surface area contributed by atoms with Gasteiger partial charge in [0.2, 0.25) is 0 Å². The van der Waals surface area contributed by atoms with Gasteiger partial charge in [0.05, 0.1) is 9.75 Å². The first-order valence-electron chi connectivity index (χ1n) is 5.62. The van der Waals surface area contributed by atoms with Crippen molar-refractivity contribution in [1.29, 1.82) is 0 Å². The van der Waals surface area contributed by atoms with Crippen molar-refractivity contribution in [2.45, 2.75) is 13.3 Å². The molecule has 0 bridgehead atoms. The number of amides is 1. The van der Waals surface area contributed by atoms with E-state index >= 15 is 0 Å². The second-order valence-corrected chi connectivity index (χ2v) is 5.39. The van der Waals surface area contributed by atoms with Crippen molar-refractivity contribution in [2.75, 3.05) is 19.7 Å². The Morgan fingerprint density at radius 1 is 1.47 bits per heavy atom. The number of aliphatic hydroxyl groups excluding tert-OH is 1. The largest absolute Gasteiger partial charge is 0.396 e. The second kappa shape index (κ2) is 4.98. The van der Waals surface area contributed by atoms with Crippen LogP contribution in [0.4, 0.5) is 0 Å². The van der Waals surface area contributed by atoms with Crippen LogP contribution in [0.5, 0.6) is 0 Å². The van der Waals surface area contributed by atoms with Crippen molar-refractivity contribution in [2.24, 2.45) is 5.92 Å². The number of hydrogen-bond donors (Lipinski definition) is 1. The molecule has 1 aromatic heterocycles. The highest BCUT2D eigenvalue weighted by Gasteiger charge is 2.27. The van der Waals surface area contributed by atoms with Crippen molar-refractivity contribution < 1.29 is 14.7 Å². The van der Waals surface area contributed by atoms with Gasteiger partial charge >= 0.3 is 0 Å². The molecule has 0 unspecified atom stereocenters. The Labute approximate surface area is 104 Å². The van der Waals surface area contributed by atoms with E-state index in [9.17, 15) is 9.59 Å². The molecule has 1 atom stereocenters. The molecule has 4 nitrogen and oxygen atoms in total. The van der Waals surface area contributed by atoms with Gasteiger partial charge in [-0.25, -0.2) is 0 Å². The Bertz CT molecular complexity index is 441. The highest BCUT2D eigenvalue weighted by molar-refractivity contribution is 7.15. The van der Waals surface area contributed by atoms with Gasteiger partial charge in [0.15, 0.2) is 5.78 Å². The Morgan fingerprint density at radius 3 is 2.71 bits per heavy atom. The normalized spacial score (nSPS) is 19.6. The van der Waals surface area contributed by atoms with E-state index in [-0.39, 0.29) is 24.2 Å². The molecule has 0 aromatic carbocycles. The zero-order valence-corrected chi connectivity index (χ0v) is 10.5. The first kappa shape index (κ1) is 12.3. The maximum Gasteiger partial charge on any atom is 0.263 e. The minimum Gasteiger partial charge on any atom is -0.396 e. The molecule has 1 fully saturated rings. The van der Waals surface area contributed by atoms with Crippen LogP contribution in [-0.2, 0) is 0 Å². The molecule has 1 aliphatic rings. The summed E-state index contributed by atoms with van der Waals surface area (Å²) in [6, 6.07) is 3.40. The van der Waals surface area contributed by atoms with Crippen LogP contribution in [0.3, 0.4) is 0 Å². The van der Waals surface area contributed by atoms with Crippen molar-refractivity contribution in [3.63, 3.8) is 0 Å². The average Bonchev–Trinajstić information content (AvgIpc) is 2.97. The van der Waals surface area contributed by atoms with Gasteiger partial charge in [-0.2, -0.15) is 0 Å². The van der Waals surface area contributed by atoms with Crippen LogP contribution in [-0.4, -0.2) is 41.4 Å². The van der Waals surface area contributed by atoms with E-state index in [0.717, 1.165) is 6.42 Å². The molecule has 1 aromatic rings. The predicted molar refractivity (Wildman–Crippen MR) is 65.4 cm³/mol. The number of nitrogens with zero attached hydrogens (tertiary/aromatic N) is 1. The Kier molecular flexibility index (Phi) is 3.59. The van der Waals surface area contributed by atoms with Crippen LogP contribution in [0.25, 0.3) is 0 Å². The summed E-state index contributed by atoms with van der Waals surface area (Å²) in [6.45, 7) is 2.94. The number of ketones is 1. The smallest absolute Gasteiger partial charge is 0.263 e. The third kappa shape index (κ3) is 2.56. The standard InChI is InChI=1S/C12H15NO3S/c1-8(15)10-2-3-11(17-10)12(16)13-5-4-9(6-13)7-14/h2-3,9,14H,4-7H2,1H3/t9-/m1/s1. The molecule has 0 aliphatic carbocycles. The number of likely N-dealkylation sites (tertiary alicyclic amines) is 1. The molecule has 17 heavy (non-hydrogen) atoms. The summed E-state index contributed by atoms with van der Waals surface area (Å²) >= 11 is 1.24. The van der Waals surface area contributed by atoms with E-state index in [1.807, 2.05) is 0 Å².